The fourth-order valence-corrected chi connectivity index (χ4v) is 3.44. The Morgan fingerprint density at radius 2 is 2.30 bits per heavy atom. The second-order valence-electron chi connectivity index (χ2n) is 5.88. The molecule has 3 atom stereocenters. The van der Waals surface area contributed by atoms with E-state index in [0.29, 0.717) is 18.2 Å². The number of rotatable bonds is 5. The van der Waals surface area contributed by atoms with E-state index in [-0.39, 0.29) is 0 Å². The fourth-order valence-electron chi connectivity index (χ4n) is 3.44. The Labute approximate surface area is 120 Å². The summed E-state index contributed by atoms with van der Waals surface area (Å²) in [6, 6.07) is 0.577. The molecule has 3 rings (SSSR count). The molecule has 0 aliphatic carbocycles. The minimum Gasteiger partial charge on any atom is -0.379 e. The van der Waals surface area contributed by atoms with Crippen LogP contribution in [0.5, 0.6) is 0 Å². The van der Waals surface area contributed by atoms with E-state index in [1.54, 1.807) is 0 Å². The van der Waals surface area contributed by atoms with Crippen LogP contribution in [0.2, 0.25) is 0 Å². The average molecular weight is 279 g/mol. The van der Waals surface area contributed by atoms with Crippen LogP contribution in [-0.2, 0) is 23.1 Å². The van der Waals surface area contributed by atoms with Crippen LogP contribution in [0.3, 0.4) is 0 Å². The highest BCUT2D eigenvalue weighted by Gasteiger charge is 2.39. The predicted molar refractivity (Wildman–Crippen MR) is 76.4 cm³/mol. The molecule has 0 spiro atoms. The van der Waals surface area contributed by atoms with Gasteiger partial charge in [-0.25, -0.2) is 0 Å². The summed E-state index contributed by atoms with van der Waals surface area (Å²) < 4.78 is 13.6. The molecule has 2 saturated heterocycles. The van der Waals surface area contributed by atoms with E-state index >= 15 is 0 Å². The van der Waals surface area contributed by atoms with Crippen molar-refractivity contribution >= 4 is 0 Å². The van der Waals surface area contributed by atoms with Crippen LogP contribution >= 0.6 is 0 Å². The van der Waals surface area contributed by atoms with Gasteiger partial charge < -0.3 is 9.47 Å². The van der Waals surface area contributed by atoms with Crippen molar-refractivity contribution in [1.82, 2.24) is 14.7 Å². The molecule has 0 bridgehead atoms. The van der Waals surface area contributed by atoms with Gasteiger partial charge in [0.1, 0.15) is 0 Å². The maximum atomic E-state index is 6.20. The maximum absolute atomic E-state index is 6.20. The third kappa shape index (κ3) is 3.05. The summed E-state index contributed by atoms with van der Waals surface area (Å²) in [6.45, 7) is 5.69. The highest BCUT2D eigenvalue weighted by atomic mass is 16.5. The molecule has 5 nitrogen and oxygen atoms in total. The molecule has 112 valence electrons. The monoisotopic (exact) mass is 279 g/mol. The highest BCUT2D eigenvalue weighted by Crippen LogP contribution is 2.32. The van der Waals surface area contributed by atoms with Crippen molar-refractivity contribution in [3.8, 4) is 0 Å². The number of likely N-dealkylation sites (tertiary alicyclic amines) is 1. The SMILES string of the molecule is CCOC[C@H]1CC[C@H]2[C@H](CCN2Cc2cnn(C)c2)O1. The second kappa shape index (κ2) is 6.24. The largest absolute Gasteiger partial charge is 0.379 e. The summed E-state index contributed by atoms with van der Waals surface area (Å²) in [5.41, 5.74) is 1.30. The Balaban J connectivity index is 1.54. The van der Waals surface area contributed by atoms with Crippen molar-refractivity contribution < 1.29 is 9.47 Å². The molecule has 0 unspecified atom stereocenters. The third-order valence-corrected chi connectivity index (χ3v) is 4.40. The lowest BCUT2D eigenvalue weighted by Gasteiger charge is -2.35. The van der Waals surface area contributed by atoms with Gasteiger partial charge >= 0.3 is 0 Å². The van der Waals surface area contributed by atoms with E-state index in [2.05, 4.69) is 16.2 Å². The lowest BCUT2D eigenvalue weighted by atomic mass is 9.99. The molecule has 20 heavy (non-hydrogen) atoms. The fraction of sp³-hybridized carbons (Fsp3) is 0.800. The van der Waals surface area contributed by atoms with E-state index in [9.17, 15) is 0 Å². The highest BCUT2D eigenvalue weighted by molar-refractivity contribution is 5.05. The Hall–Kier alpha value is -0.910. The van der Waals surface area contributed by atoms with Gasteiger partial charge in [-0.2, -0.15) is 5.10 Å². The van der Waals surface area contributed by atoms with Crippen molar-refractivity contribution in [1.29, 1.82) is 0 Å². The number of aromatic nitrogens is 2. The Morgan fingerprint density at radius 3 is 3.05 bits per heavy atom. The third-order valence-electron chi connectivity index (χ3n) is 4.40. The van der Waals surface area contributed by atoms with Crippen LogP contribution in [-0.4, -0.2) is 52.7 Å². The van der Waals surface area contributed by atoms with Gasteiger partial charge in [0.15, 0.2) is 0 Å². The molecule has 2 fully saturated rings. The number of fused-ring (bicyclic) bond motifs is 1. The minimum atomic E-state index is 0.301. The molecule has 0 amide bonds. The minimum absolute atomic E-state index is 0.301. The van der Waals surface area contributed by atoms with Crippen molar-refractivity contribution in [3.63, 3.8) is 0 Å². The molecule has 3 heterocycles. The predicted octanol–water partition coefficient (Wildman–Crippen LogP) is 1.58. The summed E-state index contributed by atoms with van der Waals surface area (Å²) in [6.07, 6.45) is 8.26. The number of hydrogen-bond donors (Lipinski definition) is 0. The van der Waals surface area contributed by atoms with Crippen LogP contribution in [0.15, 0.2) is 12.4 Å². The molecular formula is C15H25N3O2. The molecular weight excluding hydrogens is 254 g/mol. The lowest BCUT2D eigenvalue weighted by molar-refractivity contribution is -0.0985. The second-order valence-corrected chi connectivity index (χ2v) is 5.88. The molecule has 1 aromatic heterocycles. The van der Waals surface area contributed by atoms with Crippen LogP contribution in [0, 0.1) is 0 Å². The van der Waals surface area contributed by atoms with Crippen molar-refractivity contribution in [2.24, 2.45) is 7.05 Å². The standard InChI is InChI=1S/C15H25N3O2/c1-3-19-11-13-4-5-14-15(20-13)6-7-18(14)10-12-8-16-17(2)9-12/h8-9,13-15H,3-7,10-11H2,1-2H3/t13-,14+,15+/m1/s1. The van der Waals surface area contributed by atoms with Crippen LogP contribution in [0.1, 0.15) is 31.7 Å². The van der Waals surface area contributed by atoms with E-state index < -0.39 is 0 Å². The summed E-state index contributed by atoms with van der Waals surface area (Å²) in [5, 5.41) is 4.25. The molecule has 0 aromatic carbocycles. The van der Waals surface area contributed by atoms with Crippen molar-refractivity contribution in [2.75, 3.05) is 19.8 Å². The van der Waals surface area contributed by atoms with E-state index in [4.69, 9.17) is 9.47 Å². The van der Waals surface area contributed by atoms with Crippen LogP contribution in [0.4, 0.5) is 0 Å². The first kappa shape index (κ1) is 14.0. The van der Waals surface area contributed by atoms with Crippen molar-refractivity contribution in [3.05, 3.63) is 18.0 Å². The maximum Gasteiger partial charge on any atom is 0.0813 e. The quantitative estimate of drug-likeness (QED) is 0.820. The Kier molecular flexibility index (Phi) is 4.38. The molecule has 0 saturated carbocycles. The zero-order chi connectivity index (χ0) is 13.9. The van der Waals surface area contributed by atoms with E-state index in [1.165, 1.54) is 12.0 Å². The van der Waals surface area contributed by atoms with Crippen LogP contribution < -0.4 is 0 Å². The molecule has 2 aliphatic heterocycles. The van der Waals surface area contributed by atoms with Gasteiger partial charge in [-0.05, 0) is 26.2 Å². The number of hydrogen-bond acceptors (Lipinski definition) is 4. The molecule has 2 aliphatic rings. The smallest absolute Gasteiger partial charge is 0.0813 e. The first-order valence-corrected chi connectivity index (χ1v) is 7.71. The van der Waals surface area contributed by atoms with Gasteiger partial charge in [0, 0.05) is 44.5 Å². The molecule has 5 heteroatoms. The zero-order valence-corrected chi connectivity index (χ0v) is 12.5. The normalized spacial score (nSPS) is 30.6. The Bertz CT molecular complexity index is 435. The first-order valence-electron chi connectivity index (χ1n) is 7.71. The van der Waals surface area contributed by atoms with Gasteiger partial charge in [-0.15, -0.1) is 0 Å². The number of ether oxygens (including phenoxy) is 2. The van der Waals surface area contributed by atoms with E-state index in [1.807, 2.05) is 24.9 Å². The summed E-state index contributed by atoms with van der Waals surface area (Å²) >= 11 is 0. The van der Waals surface area contributed by atoms with Gasteiger partial charge in [-0.1, -0.05) is 0 Å². The lowest BCUT2D eigenvalue weighted by Crippen LogP contribution is -2.43. The van der Waals surface area contributed by atoms with Gasteiger partial charge in [0.25, 0.3) is 0 Å². The summed E-state index contributed by atoms with van der Waals surface area (Å²) in [7, 11) is 1.97. The Morgan fingerprint density at radius 1 is 1.40 bits per heavy atom. The van der Waals surface area contributed by atoms with Gasteiger partial charge in [0.05, 0.1) is 25.0 Å². The summed E-state index contributed by atoms with van der Waals surface area (Å²) in [5.74, 6) is 0. The van der Waals surface area contributed by atoms with Crippen LogP contribution in [0.25, 0.3) is 0 Å². The topological polar surface area (TPSA) is 39.5 Å². The molecule has 1 aromatic rings. The molecule has 0 radical (unpaired) electrons. The number of nitrogens with zero attached hydrogens (tertiary/aromatic N) is 3. The van der Waals surface area contributed by atoms with Gasteiger partial charge in [-0.3, -0.25) is 9.58 Å². The van der Waals surface area contributed by atoms with Gasteiger partial charge in [0.2, 0.25) is 0 Å². The zero-order valence-electron chi connectivity index (χ0n) is 12.5. The first-order chi connectivity index (χ1) is 9.76. The average Bonchev–Trinajstić information content (AvgIpc) is 3.04. The van der Waals surface area contributed by atoms with E-state index in [0.717, 1.165) is 39.1 Å². The molecule has 0 N–H and O–H groups in total. The number of aryl methyl sites for hydroxylation is 1. The summed E-state index contributed by atoms with van der Waals surface area (Å²) in [4.78, 5) is 2.55. The van der Waals surface area contributed by atoms with Crippen molar-refractivity contribution in [2.45, 2.75) is 51.0 Å².